The Bertz CT molecular complexity index is 704. The average molecular weight is 312 g/mol. The minimum absolute atomic E-state index is 0.270. The molecule has 2 aromatic rings. The zero-order valence-electron chi connectivity index (χ0n) is 13.1. The zero-order valence-corrected chi connectivity index (χ0v) is 13.9. The van der Waals surface area contributed by atoms with Gasteiger partial charge in [-0.3, -0.25) is 0 Å². The Morgan fingerprint density at radius 2 is 2.09 bits per heavy atom. The Morgan fingerprint density at radius 1 is 1.32 bits per heavy atom. The van der Waals surface area contributed by atoms with Gasteiger partial charge in [0.15, 0.2) is 5.16 Å². The second-order valence-electron chi connectivity index (χ2n) is 5.70. The van der Waals surface area contributed by atoms with Crippen molar-refractivity contribution in [2.24, 2.45) is 5.92 Å². The number of aromatic nitrogens is 2. The van der Waals surface area contributed by atoms with Gasteiger partial charge >= 0.3 is 0 Å². The molecule has 0 amide bonds. The van der Waals surface area contributed by atoms with Crippen LogP contribution in [-0.4, -0.2) is 15.7 Å². The molecule has 0 saturated carbocycles. The summed E-state index contributed by atoms with van der Waals surface area (Å²) in [6.07, 6.45) is 0.590. The molecular formula is C17H20N4S. The molecule has 2 rings (SSSR count). The van der Waals surface area contributed by atoms with Crippen LogP contribution in [-0.2, 0) is 6.42 Å². The quantitative estimate of drug-likeness (QED) is 0.674. The van der Waals surface area contributed by atoms with Crippen LogP contribution in [0.4, 0.5) is 5.82 Å². The van der Waals surface area contributed by atoms with E-state index in [9.17, 15) is 5.26 Å². The van der Waals surface area contributed by atoms with Crippen LogP contribution < -0.4 is 5.73 Å². The Labute approximate surface area is 135 Å². The standard InChI is InChI=1S/C17H20N4S/c1-11(2)10-22-17-20-15(14(9-18)16(19)21-17)8-13-6-4-5-12(3)7-13/h4-7,11H,8,10H2,1-3H3,(H2,19,20,21). The Morgan fingerprint density at radius 3 is 2.73 bits per heavy atom. The van der Waals surface area contributed by atoms with E-state index in [2.05, 4.69) is 36.0 Å². The minimum Gasteiger partial charge on any atom is -0.382 e. The van der Waals surface area contributed by atoms with Crippen molar-refractivity contribution in [3.8, 4) is 6.07 Å². The summed E-state index contributed by atoms with van der Waals surface area (Å²) in [7, 11) is 0. The number of nitrogens with zero attached hydrogens (tertiary/aromatic N) is 3. The number of aryl methyl sites for hydroxylation is 1. The summed E-state index contributed by atoms with van der Waals surface area (Å²) in [6, 6.07) is 10.3. The second kappa shape index (κ2) is 7.28. The maximum Gasteiger partial charge on any atom is 0.189 e. The summed E-state index contributed by atoms with van der Waals surface area (Å²) in [5.74, 6) is 1.74. The monoisotopic (exact) mass is 312 g/mol. The topological polar surface area (TPSA) is 75.6 Å². The normalized spacial score (nSPS) is 10.7. The van der Waals surface area contributed by atoms with Crippen LogP contribution in [0.5, 0.6) is 0 Å². The van der Waals surface area contributed by atoms with Crippen LogP contribution in [0.2, 0.25) is 0 Å². The van der Waals surface area contributed by atoms with E-state index in [1.807, 2.05) is 25.1 Å². The van der Waals surface area contributed by atoms with Gasteiger partial charge in [0.1, 0.15) is 17.5 Å². The summed E-state index contributed by atoms with van der Waals surface area (Å²) >= 11 is 1.58. The van der Waals surface area contributed by atoms with Crippen molar-refractivity contribution < 1.29 is 0 Å². The number of rotatable bonds is 5. The highest BCUT2D eigenvalue weighted by atomic mass is 32.2. The van der Waals surface area contributed by atoms with Gasteiger partial charge in [0.2, 0.25) is 0 Å². The highest BCUT2D eigenvalue weighted by Gasteiger charge is 2.13. The summed E-state index contributed by atoms with van der Waals surface area (Å²) in [4.78, 5) is 8.79. The summed E-state index contributed by atoms with van der Waals surface area (Å²) in [5, 5.41) is 9.97. The molecule has 0 saturated heterocycles. The highest BCUT2D eigenvalue weighted by Crippen LogP contribution is 2.23. The van der Waals surface area contributed by atoms with Gasteiger partial charge in [-0.15, -0.1) is 0 Å². The molecule has 2 N–H and O–H groups in total. The molecule has 1 aromatic heterocycles. The molecule has 1 heterocycles. The summed E-state index contributed by atoms with van der Waals surface area (Å²) in [6.45, 7) is 6.34. The fraction of sp³-hybridized carbons (Fsp3) is 0.353. The molecule has 0 spiro atoms. The molecular weight excluding hydrogens is 292 g/mol. The van der Waals surface area contributed by atoms with Crippen LogP contribution >= 0.6 is 11.8 Å². The third-order valence-corrected chi connectivity index (χ3v) is 4.38. The molecule has 114 valence electrons. The van der Waals surface area contributed by atoms with Crippen molar-refractivity contribution in [2.45, 2.75) is 32.3 Å². The third-order valence-electron chi connectivity index (χ3n) is 3.10. The molecule has 0 atom stereocenters. The van der Waals surface area contributed by atoms with Gasteiger partial charge in [-0.2, -0.15) is 5.26 Å². The SMILES string of the molecule is Cc1cccc(Cc2nc(SCC(C)C)nc(N)c2C#N)c1. The summed E-state index contributed by atoms with van der Waals surface area (Å²) in [5.41, 5.74) is 9.33. The van der Waals surface area contributed by atoms with Gasteiger partial charge in [-0.1, -0.05) is 55.4 Å². The van der Waals surface area contributed by atoms with E-state index in [1.54, 1.807) is 11.8 Å². The van der Waals surface area contributed by atoms with Crippen molar-refractivity contribution in [3.63, 3.8) is 0 Å². The molecule has 0 aliphatic carbocycles. The lowest BCUT2D eigenvalue weighted by molar-refractivity contribution is 0.747. The third kappa shape index (κ3) is 4.22. The van der Waals surface area contributed by atoms with Crippen LogP contribution in [0.1, 0.15) is 36.2 Å². The number of thioether (sulfide) groups is 1. The van der Waals surface area contributed by atoms with Gasteiger partial charge in [0, 0.05) is 12.2 Å². The lowest BCUT2D eigenvalue weighted by Gasteiger charge is -2.10. The molecule has 0 aliphatic heterocycles. The Balaban J connectivity index is 2.33. The average Bonchev–Trinajstić information content (AvgIpc) is 2.45. The van der Waals surface area contributed by atoms with E-state index in [0.717, 1.165) is 11.3 Å². The predicted molar refractivity (Wildman–Crippen MR) is 90.7 cm³/mol. The smallest absolute Gasteiger partial charge is 0.189 e. The molecule has 4 nitrogen and oxygen atoms in total. The molecule has 0 aliphatic rings. The lowest BCUT2D eigenvalue weighted by Crippen LogP contribution is -2.06. The number of hydrogen-bond donors (Lipinski definition) is 1. The fourth-order valence-corrected chi connectivity index (χ4v) is 2.89. The summed E-state index contributed by atoms with van der Waals surface area (Å²) < 4.78 is 0. The van der Waals surface area contributed by atoms with Gasteiger partial charge < -0.3 is 5.73 Å². The van der Waals surface area contributed by atoms with E-state index in [4.69, 9.17) is 5.73 Å². The first-order chi connectivity index (χ1) is 10.5. The first-order valence-electron chi connectivity index (χ1n) is 7.24. The van der Waals surface area contributed by atoms with E-state index >= 15 is 0 Å². The highest BCUT2D eigenvalue weighted by molar-refractivity contribution is 7.99. The molecule has 1 aromatic carbocycles. The molecule has 0 unspecified atom stereocenters. The number of nitrogen functional groups attached to an aromatic ring is 1. The van der Waals surface area contributed by atoms with Crippen LogP contribution in [0.15, 0.2) is 29.4 Å². The van der Waals surface area contributed by atoms with E-state index in [1.165, 1.54) is 5.56 Å². The first-order valence-corrected chi connectivity index (χ1v) is 8.23. The molecule has 0 radical (unpaired) electrons. The van der Waals surface area contributed by atoms with Crippen molar-refractivity contribution >= 4 is 17.6 Å². The number of hydrogen-bond acceptors (Lipinski definition) is 5. The minimum atomic E-state index is 0.270. The molecule has 0 fully saturated rings. The van der Waals surface area contributed by atoms with Gasteiger partial charge in [0.05, 0.1) is 5.69 Å². The van der Waals surface area contributed by atoms with Gasteiger partial charge in [-0.05, 0) is 18.4 Å². The van der Waals surface area contributed by atoms with E-state index < -0.39 is 0 Å². The molecule has 5 heteroatoms. The largest absolute Gasteiger partial charge is 0.382 e. The zero-order chi connectivity index (χ0) is 16.1. The number of anilines is 1. The van der Waals surface area contributed by atoms with Gasteiger partial charge in [0.25, 0.3) is 0 Å². The number of nitrogens with two attached hydrogens (primary N) is 1. The first kappa shape index (κ1) is 16.3. The Hall–Kier alpha value is -2.06. The van der Waals surface area contributed by atoms with Crippen molar-refractivity contribution in [2.75, 3.05) is 11.5 Å². The lowest BCUT2D eigenvalue weighted by atomic mass is 10.0. The fourth-order valence-electron chi connectivity index (χ4n) is 2.07. The maximum absolute atomic E-state index is 9.32. The van der Waals surface area contributed by atoms with Crippen LogP contribution in [0.25, 0.3) is 0 Å². The molecule has 0 bridgehead atoms. The predicted octanol–water partition coefficient (Wildman–Crippen LogP) is 3.58. The van der Waals surface area contributed by atoms with Crippen molar-refractivity contribution in [1.29, 1.82) is 5.26 Å². The van der Waals surface area contributed by atoms with Crippen molar-refractivity contribution in [1.82, 2.24) is 9.97 Å². The number of benzene rings is 1. The Kier molecular flexibility index (Phi) is 5.40. The molecule has 22 heavy (non-hydrogen) atoms. The second-order valence-corrected chi connectivity index (χ2v) is 6.68. The van der Waals surface area contributed by atoms with Crippen LogP contribution in [0, 0.1) is 24.2 Å². The van der Waals surface area contributed by atoms with E-state index in [-0.39, 0.29) is 5.82 Å². The van der Waals surface area contributed by atoms with E-state index in [0.29, 0.717) is 28.8 Å². The van der Waals surface area contributed by atoms with Gasteiger partial charge in [-0.25, -0.2) is 9.97 Å². The number of nitriles is 1. The van der Waals surface area contributed by atoms with Crippen LogP contribution in [0.3, 0.4) is 0 Å². The van der Waals surface area contributed by atoms with Crippen molar-refractivity contribution in [3.05, 3.63) is 46.6 Å². The maximum atomic E-state index is 9.32.